The third-order valence-electron chi connectivity index (χ3n) is 4.59. The van der Waals surface area contributed by atoms with Crippen molar-refractivity contribution in [2.45, 2.75) is 12.2 Å². The van der Waals surface area contributed by atoms with Crippen LogP contribution in [0.2, 0.25) is 5.02 Å². The molecular formula is C20H18ClN3O3S. The van der Waals surface area contributed by atoms with Gasteiger partial charge in [-0.3, -0.25) is 4.79 Å². The predicted molar refractivity (Wildman–Crippen MR) is 111 cm³/mol. The van der Waals surface area contributed by atoms with Gasteiger partial charge in [-0.1, -0.05) is 17.7 Å². The van der Waals surface area contributed by atoms with Crippen LogP contribution in [0.5, 0.6) is 11.5 Å². The van der Waals surface area contributed by atoms with E-state index in [0.717, 1.165) is 22.5 Å². The van der Waals surface area contributed by atoms with Gasteiger partial charge >= 0.3 is 0 Å². The summed E-state index contributed by atoms with van der Waals surface area (Å²) in [5, 5.41) is 18.1. The van der Waals surface area contributed by atoms with E-state index in [4.69, 9.17) is 16.3 Å². The number of aryl methyl sites for hydroxylation is 1. The quantitative estimate of drug-likeness (QED) is 0.666. The Kier molecular flexibility index (Phi) is 4.95. The van der Waals surface area contributed by atoms with Gasteiger partial charge in [-0.25, -0.2) is 4.68 Å². The summed E-state index contributed by atoms with van der Waals surface area (Å²) in [5.41, 5.74) is 3.48. The summed E-state index contributed by atoms with van der Waals surface area (Å²) in [7, 11) is 1.51. The number of phenolic OH excluding ortho intramolecular Hbond substituents is 1. The van der Waals surface area contributed by atoms with Crippen LogP contribution in [0.1, 0.15) is 22.1 Å². The van der Waals surface area contributed by atoms with Crippen LogP contribution in [0, 0.1) is 6.92 Å². The molecule has 4 rings (SSSR count). The van der Waals surface area contributed by atoms with Crippen molar-refractivity contribution in [3.63, 3.8) is 0 Å². The Bertz CT molecular complexity index is 1050. The van der Waals surface area contributed by atoms with Gasteiger partial charge in [0.05, 0.1) is 29.5 Å². The van der Waals surface area contributed by atoms with E-state index in [1.807, 2.05) is 25.1 Å². The lowest BCUT2D eigenvalue weighted by atomic mass is 10.0. The number of aromatic hydroxyl groups is 1. The van der Waals surface area contributed by atoms with E-state index < -0.39 is 0 Å². The highest BCUT2D eigenvalue weighted by Crippen LogP contribution is 2.45. The van der Waals surface area contributed by atoms with Crippen LogP contribution < -0.4 is 10.1 Å². The molecule has 6 nitrogen and oxygen atoms in total. The summed E-state index contributed by atoms with van der Waals surface area (Å²) >= 11 is 7.52. The summed E-state index contributed by atoms with van der Waals surface area (Å²) in [6, 6.07) is 12.5. The summed E-state index contributed by atoms with van der Waals surface area (Å²) in [6.45, 7) is 1.92. The first-order valence-corrected chi connectivity index (χ1v) is 10.0. The number of carbonyl (C=O) groups excluding carboxylic acids is 1. The smallest absolute Gasteiger partial charge is 0.235 e. The molecule has 1 atom stereocenters. The van der Waals surface area contributed by atoms with E-state index >= 15 is 0 Å². The SMILES string of the molecule is COc1cc([C@@H]2SCC(=O)Nc3c2c(C)nn3-c2ccc(Cl)cc2)ccc1O. The number of aromatic nitrogens is 2. The van der Waals surface area contributed by atoms with Crippen LogP contribution >= 0.6 is 23.4 Å². The lowest BCUT2D eigenvalue weighted by Crippen LogP contribution is -2.15. The maximum absolute atomic E-state index is 12.4. The second-order valence-corrected chi connectivity index (χ2v) is 7.94. The minimum Gasteiger partial charge on any atom is -0.504 e. The number of benzene rings is 2. The van der Waals surface area contributed by atoms with Gasteiger partial charge in [0.15, 0.2) is 11.5 Å². The molecule has 1 aliphatic heterocycles. The highest BCUT2D eigenvalue weighted by molar-refractivity contribution is 8.00. The van der Waals surface area contributed by atoms with Crippen molar-refractivity contribution in [3.05, 3.63) is 64.3 Å². The number of hydrogen-bond acceptors (Lipinski definition) is 5. The second-order valence-electron chi connectivity index (χ2n) is 6.41. The van der Waals surface area contributed by atoms with E-state index in [0.29, 0.717) is 22.3 Å². The van der Waals surface area contributed by atoms with Crippen molar-refractivity contribution in [1.29, 1.82) is 0 Å². The Balaban J connectivity index is 1.87. The van der Waals surface area contributed by atoms with Gasteiger partial charge in [0.1, 0.15) is 5.82 Å². The molecule has 0 aliphatic carbocycles. The predicted octanol–water partition coefficient (Wildman–Crippen LogP) is 4.32. The first-order chi connectivity index (χ1) is 13.5. The Morgan fingerprint density at radius 3 is 2.75 bits per heavy atom. The molecule has 1 aliphatic rings. The van der Waals surface area contributed by atoms with Gasteiger partial charge in [0.25, 0.3) is 0 Å². The highest BCUT2D eigenvalue weighted by Gasteiger charge is 2.31. The van der Waals surface area contributed by atoms with Crippen LogP contribution in [-0.4, -0.2) is 33.7 Å². The van der Waals surface area contributed by atoms with Gasteiger partial charge in [-0.05, 0) is 48.9 Å². The van der Waals surface area contributed by atoms with E-state index in [1.165, 1.54) is 18.9 Å². The summed E-state index contributed by atoms with van der Waals surface area (Å²) in [6.07, 6.45) is 0. The number of halogens is 1. The maximum Gasteiger partial charge on any atom is 0.235 e. The Morgan fingerprint density at radius 1 is 1.29 bits per heavy atom. The minimum absolute atomic E-state index is 0.0767. The first-order valence-electron chi connectivity index (χ1n) is 8.61. The van der Waals surface area contributed by atoms with Crippen LogP contribution in [-0.2, 0) is 4.79 Å². The second kappa shape index (κ2) is 7.41. The fraction of sp³-hybridized carbons (Fsp3) is 0.200. The summed E-state index contributed by atoms with van der Waals surface area (Å²) in [4.78, 5) is 12.4. The zero-order chi connectivity index (χ0) is 19.8. The number of amides is 1. The average Bonchev–Trinajstić information content (AvgIpc) is 2.89. The minimum atomic E-state index is -0.135. The van der Waals surface area contributed by atoms with Crippen LogP contribution in [0.25, 0.3) is 5.69 Å². The number of fused-ring (bicyclic) bond motifs is 1. The molecule has 2 N–H and O–H groups in total. The van der Waals surface area contributed by atoms with Crippen molar-refractivity contribution in [1.82, 2.24) is 9.78 Å². The Hall–Kier alpha value is -2.64. The van der Waals surface area contributed by atoms with Crippen molar-refractivity contribution in [2.75, 3.05) is 18.2 Å². The summed E-state index contributed by atoms with van der Waals surface area (Å²) < 4.78 is 6.99. The number of ether oxygens (including phenoxy) is 1. The van der Waals surface area contributed by atoms with E-state index in [9.17, 15) is 9.90 Å². The third-order valence-corrected chi connectivity index (χ3v) is 6.11. The Morgan fingerprint density at radius 2 is 2.04 bits per heavy atom. The summed E-state index contributed by atoms with van der Waals surface area (Å²) in [5.74, 6) is 1.34. The highest BCUT2D eigenvalue weighted by atomic mass is 35.5. The molecule has 144 valence electrons. The zero-order valence-corrected chi connectivity index (χ0v) is 16.8. The van der Waals surface area contributed by atoms with Gasteiger partial charge in [-0.15, -0.1) is 11.8 Å². The van der Waals surface area contributed by atoms with Crippen LogP contribution in [0.3, 0.4) is 0 Å². The van der Waals surface area contributed by atoms with Crippen molar-refractivity contribution >= 4 is 35.1 Å². The molecule has 2 heterocycles. The maximum atomic E-state index is 12.4. The molecule has 0 saturated heterocycles. The van der Waals surface area contributed by atoms with E-state index in [1.54, 1.807) is 28.9 Å². The zero-order valence-electron chi connectivity index (χ0n) is 15.3. The number of carbonyl (C=O) groups is 1. The van der Waals surface area contributed by atoms with E-state index in [2.05, 4.69) is 10.4 Å². The number of phenols is 1. The first kappa shape index (κ1) is 18.7. The number of methoxy groups -OCH3 is 1. The molecule has 1 amide bonds. The average molecular weight is 416 g/mol. The molecule has 0 fully saturated rings. The number of nitrogens with zero attached hydrogens (tertiary/aromatic N) is 2. The molecular weight excluding hydrogens is 398 g/mol. The standard InChI is InChI=1S/C20H18ClN3O3S/c1-11-18-19(12-3-8-15(25)16(9-12)27-2)28-10-17(26)22-20(18)24(23-11)14-6-4-13(21)5-7-14/h3-9,19,25H,10H2,1-2H3,(H,22,26)/t19-/m0/s1. The van der Waals surface area contributed by atoms with Crippen molar-refractivity contribution in [3.8, 4) is 17.2 Å². The largest absolute Gasteiger partial charge is 0.504 e. The van der Waals surface area contributed by atoms with Crippen molar-refractivity contribution in [2.24, 2.45) is 0 Å². The van der Waals surface area contributed by atoms with Gasteiger partial charge in [0, 0.05) is 10.6 Å². The molecule has 0 radical (unpaired) electrons. The topological polar surface area (TPSA) is 76.4 Å². The Labute approximate surface area is 171 Å². The molecule has 2 aromatic carbocycles. The lowest BCUT2D eigenvalue weighted by Gasteiger charge is -2.16. The molecule has 8 heteroatoms. The molecule has 0 unspecified atom stereocenters. The van der Waals surface area contributed by atoms with Gasteiger partial charge < -0.3 is 15.2 Å². The fourth-order valence-electron chi connectivity index (χ4n) is 3.27. The molecule has 28 heavy (non-hydrogen) atoms. The number of rotatable bonds is 3. The van der Waals surface area contributed by atoms with Crippen LogP contribution in [0.4, 0.5) is 5.82 Å². The number of anilines is 1. The van der Waals surface area contributed by atoms with Gasteiger partial charge in [-0.2, -0.15) is 5.10 Å². The van der Waals surface area contributed by atoms with E-state index in [-0.39, 0.29) is 16.9 Å². The molecule has 1 aromatic heterocycles. The molecule has 0 bridgehead atoms. The van der Waals surface area contributed by atoms with Crippen LogP contribution in [0.15, 0.2) is 42.5 Å². The third kappa shape index (κ3) is 3.31. The van der Waals surface area contributed by atoms with Crippen molar-refractivity contribution < 1.29 is 14.6 Å². The normalized spacial score (nSPS) is 16.2. The molecule has 0 spiro atoms. The molecule has 3 aromatic rings. The lowest BCUT2D eigenvalue weighted by molar-refractivity contribution is -0.113. The molecule has 0 saturated carbocycles. The van der Waals surface area contributed by atoms with Gasteiger partial charge in [0.2, 0.25) is 5.91 Å². The number of nitrogens with one attached hydrogen (secondary N) is 1. The monoisotopic (exact) mass is 415 g/mol. The fourth-order valence-corrected chi connectivity index (χ4v) is 4.58. The number of hydrogen-bond donors (Lipinski definition) is 2. The number of thioether (sulfide) groups is 1.